The summed E-state index contributed by atoms with van der Waals surface area (Å²) in [4.78, 5) is 39.6. The van der Waals surface area contributed by atoms with Gasteiger partial charge in [-0.3, -0.25) is 14.4 Å². The van der Waals surface area contributed by atoms with E-state index < -0.39 is 11.7 Å². The van der Waals surface area contributed by atoms with Crippen molar-refractivity contribution in [2.45, 2.75) is 6.42 Å². The van der Waals surface area contributed by atoms with Gasteiger partial charge in [0, 0.05) is 24.3 Å². The largest absolute Gasteiger partial charge is 0.497 e. The number of hydrogen-bond donors (Lipinski definition) is 2. The summed E-state index contributed by atoms with van der Waals surface area (Å²) in [5.74, 6) is -1.29. The van der Waals surface area contributed by atoms with Crippen molar-refractivity contribution in [3.8, 4) is 5.75 Å². The molecule has 1 fully saturated rings. The number of methoxy groups -OCH3 is 1. The zero-order valence-electron chi connectivity index (χ0n) is 17.9. The highest BCUT2D eigenvalue weighted by atomic mass is 19.1. The Morgan fingerprint density at radius 3 is 2.36 bits per heavy atom. The molecular formula is C25H22FN3O4. The van der Waals surface area contributed by atoms with Gasteiger partial charge in [-0.2, -0.15) is 0 Å². The third kappa shape index (κ3) is 5.01. The van der Waals surface area contributed by atoms with Crippen LogP contribution in [0.25, 0.3) is 0 Å². The van der Waals surface area contributed by atoms with E-state index in [0.717, 1.165) is 0 Å². The Morgan fingerprint density at radius 2 is 1.67 bits per heavy atom. The minimum atomic E-state index is -0.597. The van der Waals surface area contributed by atoms with Crippen molar-refractivity contribution in [1.29, 1.82) is 0 Å². The highest BCUT2D eigenvalue weighted by Gasteiger charge is 2.35. The first-order chi connectivity index (χ1) is 15.9. The first-order valence-corrected chi connectivity index (χ1v) is 10.4. The molecule has 0 aromatic heterocycles. The Hall–Kier alpha value is -4.20. The molecule has 1 aliphatic heterocycles. The molecule has 1 heterocycles. The Morgan fingerprint density at radius 1 is 0.970 bits per heavy atom. The van der Waals surface area contributed by atoms with Gasteiger partial charge < -0.3 is 20.3 Å². The van der Waals surface area contributed by atoms with Gasteiger partial charge in [0.25, 0.3) is 5.91 Å². The van der Waals surface area contributed by atoms with E-state index in [9.17, 15) is 18.8 Å². The van der Waals surface area contributed by atoms with Crippen LogP contribution in [0.15, 0.2) is 72.8 Å². The predicted octanol–water partition coefficient (Wildman–Crippen LogP) is 4.08. The summed E-state index contributed by atoms with van der Waals surface area (Å²) in [5, 5.41) is 5.57. The lowest BCUT2D eigenvalue weighted by molar-refractivity contribution is -0.122. The molecule has 3 amide bonds. The van der Waals surface area contributed by atoms with Gasteiger partial charge in [-0.1, -0.05) is 12.1 Å². The van der Waals surface area contributed by atoms with Crippen molar-refractivity contribution in [3.63, 3.8) is 0 Å². The van der Waals surface area contributed by atoms with E-state index in [2.05, 4.69) is 10.6 Å². The summed E-state index contributed by atoms with van der Waals surface area (Å²) in [5.41, 5.74) is 1.76. The molecule has 8 heteroatoms. The molecule has 33 heavy (non-hydrogen) atoms. The minimum Gasteiger partial charge on any atom is -0.497 e. The van der Waals surface area contributed by atoms with Gasteiger partial charge in [0.05, 0.1) is 24.3 Å². The fourth-order valence-electron chi connectivity index (χ4n) is 3.65. The van der Waals surface area contributed by atoms with Gasteiger partial charge in [-0.15, -0.1) is 0 Å². The van der Waals surface area contributed by atoms with E-state index in [1.807, 2.05) is 0 Å². The zero-order chi connectivity index (χ0) is 23.4. The number of carbonyl (C=O) groups is 3. The van der Waals surface area contributed by atoms with Crippen LogP contribution in [0, 0.1) is 11.7 Å². The number of rotatable bonds is 6. The van der Waals surface area contributed by atoms with Crippen LogP contribution in [0.2, 0.25) is 0 Å². The molecule has 1 unspecified atom stereocenters. The number of anilines is 3. The van der Waals surface area contributed by atoms with Crippen molar-refractivity contribution in [2.24, 2.45) is 5.92 Å². The van der Waals surface area contributed by atoms with Gasteiger partial charge in [0.1, 0.15) is 11.6 Å². The summed E-state index contributed by atoms with van der Waals surface area (Å²) in [6.45, 7) is 0.177. The van der Waals surface area contributed by atoms with Crippen LogP contribution in [0.4, 0.5) is 21.5 Å². The predicted molar refractivity (Wildman–Crippen MR) is 123 cm³/mol. The summed E-state index contributed by atoms with van der Waals surface area (Å²) >= 11 is 0. The van der Waals surface area contributed by atoms with Crippen molar-refractivity contribution in [3.05, 3.63) is 84.2 Å². The highest BCUT2D eigenvalue weighted by Crippen LogP contribution is 2.27. The third-order valence-electron chi connectivity index (χ3n) is 5.41. The van der Waals surface area contributed by atoms with Gasteiger partial charge in [-0.25, -0.2) is 4.39 Å². The average Bonchev–Trinajstić information content (AvgIpc) is 3.22. The second-order valence-corrected chi connectivity index (χ2v) is 7.60. The number of ether oxygens (including phenoxy) is 1. The topological polar surface area (TPSA) is 87.7 Å². The number of nitrogens with zero attached hydrogens (tertiary/aromatic N) is 1. The minimum absolute atomic E-state index is 0.0312. The van der Waals surface area contributed by atoms with Crippen LogP contribution in [-0.4, -0.2) is 31.4 Å². The van der Waals surface area contributed by atoms with Crippen LogP contribution in [0.5, 0.6) is 5.75 Å². The molecule has 168 valence electrons. The maximum atomic E-state index is 13.2. The van der Waals surface area contributed by atoms with Crippen molar-refractivity contribution in [2.75, 3.05) is 29.2 Å². The standard InChI is InChI=1S/C25H22FN3O4/c1-33-20-12-8-18(9-13-20)27-25(32)21-4-2-3-5-22(21)28-24(31)16-14-23(30)29(15-16)19-10-6-17(26)7-11-19/h2-13,16H,14-15H2,1H3,(H,27,32)(H,28,31). The first-order valence-electron chi connectivity index (χ1n) is 10.4. The Kier molecular flexibility index (Phi) is 6.35. The number of halogens is 1. The van der Waals surface area contributed by atoms with E-state index >= 15 is 0 Å². The Balaban J connectivity index is 1.45. The molecular weight excluding hydrogens is 425 g/mol. The van der Waals surface area contributed by atoms with Crippen LogP contribution in [-0.2, 0) is 9.59 Å². The maximum absolute atomic E-state index is 13.2. The van der Waals surface area contributed by atoms with Gasteiger partial charge in [0.2, 0.25) is 11.8 Å². The van der Waals surface area contributed by atoms with Crippen molar-refractivity contribution in [1.82, 2.24) is 0 Å². The molecule has 7 nitrogen and oxygen atoms in total. The number of nitrogens with one attached hydrogen (secondary N) is 2. The van der Waals surface area contributed by atoms with Gasteiger partial charge >= 0.3 is 0 Å². The van der Waals surface area contributed by atoms with E-state index in [0.29, 0.717) is 28.4 Å². The number of hydrogen-bond acceptors (Lipinski definition) is 4. The molecule has 0 saturated carbocycles. The summed E-state index contributed by atoms with van der Waals surface area (Å²) in [7, 11) is 1.56. The number of carbonyl (C=O) groups excluding carboxylic acids is 3. The third-order valence-corrected chi connectivity index (χ3v) is 5.41. The van der Waals surface area contributed by atoms with Crippen LogP contribution in [0.1, 0.15) is 16.8 Å². The normalized spacial score (nSPS) is 15.3. The molecule has 2 N–H and O–H groups in total. The quantitative estimate of drug-likeness (QED) is 0.596. The summed E-state index contributed by atoms with van der Waals surface area (Å²) < 4.78 is 18.3. The Labute approximate surface area is 190 Å². The lowest BCUT2D eigenvalue weighted by atomic mass is 10.1. The molecule has 1 saturated heterocycles. The fraction of sp³-hybridized carbons (Fsp3) is 0.160. The lowest BCUT2D eigenvalue weighted by Crippen LogP contribution is -2.28. The molecule has 1 aliphatic rings. The zero-order valence-corrected chi connectivity index (χ0v) is 17.9. The summed E-state index contributed by atoms with van der Waals surface area (Å²) in [6, 6.07) is 19.1. The van der Waals surface area contributed by atoms with E-state index in [4.69, 9.17) is 4.74 Å². The molecule has 3 aromatic rings. The van der Waals surface area contributed by atoms with Crippen molar-refractivity contribution < 1.29 is 23.5 Å². The lowest BCUT2D eigenvalue weighted by Gasteiger charge is -2.17. The first kappa shape index (κ1) is 22.0. The molecule has 3 aromatic carbocycles. The SMILES string of the molecule is COc1ccc(NC(=O)c2ccccc2NC(=O)C2CC(=O)N(c3ccc(F)cc3)C2)cc1. The molecule has 1 atom stereocenters. The number of benzene rings is 3. The van der Waals surface area contributed by atoms with Gasteiger partial charge in [-0.05, 0) is 60.7 Å². The second kappa shape index (κ2) is 9.52. The van der Waals surface area contributed by atoms with Crippen molar-refractivity contribution >= 4 is 34.8 Å². The average molecular weight is 447 g/mol. The van der Waals surface area contributed by atoms with E-state index in [1.165, 1.54) is 29.2 Å². The van der Waals surface area contributed by atoms with Crippen LogP contribution >= 0.6 is 0 Å². The van der Waals surface area contributed by atoms with Gasteiger partial charge in [0.15, 0.2) is 0 Å². The monoisotopic (exact) mass is 447 g/mol. The van der Waals surface area contributed by atoms with Crippen LogP contribution in [0.3, 0.4) is 0 Å². The molecule has 4 rings (SSSR count). The molecule has 0 bridgehead atoms. The Bertz CT molecular complexity index is 1180. The summed E-state index contributed by atoms with van der Waals surface area (Å²) in [6.07, 6.45) is 0.0312. The van der Waals surface area contributed by atoms with E-state index in [1.54, 1.807) is 55.6 Å². The highest BCUT2D eigenvalue weighted by molar-refractivity contribution is 6.11. The van der Waals surface area contributed by atoms with Crippen LogP contribution < -0.4 is 20.3 Å². The molecule has 0 spiro atoms. The number of para-hydroxylation sites is 1. The number of amides is 3. The molecule has 0 radical (unpaired) electrons. The molecule has 0 aliphatic carbocycles. The maximum Gasteiger partial charge on any atom is 0.257 e. The smallest absolute Gasteiger partial charge is 0.257 e. The second-order valence-electron chi connectivity index (χ2n) is 7.60. The van der Waals surface area contributed by atoms with E-state index in [-0.39, 0.29) is 30.7 Å². The fourth-order valence-corrected chi connectivity index (χ4v) is 3.65.